The van der Waals surface area contributed by atoms with E-state index in [0.717, 1.165) is 31.5 Å². The van der Waals surface area contributed by atoms with Gasteiger partial charge in [0.25, 0.3) is 0 Å². The maximum absolute atomic E-state index is 4.57. The Bertz CT molecular complexity index is 1100. The number of aromatic nitrogens is 6. The van der Waals surface area contributed by atoms with Crippen molar-refractivity contribution in [1.29, 1.82) is 0 Å². The van der Waals surface area contributed by atoms with Crippen molar-refractivity contribution in [3.63, 3.8) is 0 Å². The van der Waals surface area contributed by atoms with Crippen molar-refractivity contribution in [3.05, 3.63) is 57.5 Å². The molecule has 0 N–H and O–H groups in total. The predicted octanol–water partition coefficient (Wildman–Crippen LogP) is 4.47. The van der Waals surface area contributed by atoms with Gasteiger partial charge < -0.3 is 0 Å². The van der Waals surface area contributed by atoms with Crippen molar-refractivity contribution in [2.45, 2.75) is 0 Å². The first-order chi connectivity index (χ1) is 12.5. The van der Waals surface area contributed by atoms with Gasteiger partial charge in [-0.25, -0.2) is 4.68 Å². The SMILES string of the molecule is Cn1nc(-c2cccc(Br)c2)c(-c2nnn(C)c2-c2cccc(Br)c2)n1. The molecule has 4 rings (SSSR count). The molecule has 0 amide bonds. The number of hydrogen-bond donors (Lipinski definition) is 0. The third-order valence-electron chi connectivity index (χ3n) is 3.96. The van der Waals surface area contributed by atoms with Crippen LogP contribution >= 0.6 is 31.9 Å². The minimum absolute atomic E-state index is 0.702. The molecule has 26 heavy (non-hydrogen) atoms. The van der Waals surface area contributed by atoms with Crippen molar-refractivity contribution >= 4 is 31.9 Å². The average molecular weight is 474 g/mol. The quantitative estimate of drug-likeness (QED) is 0.440. The Labute approximate surface area is 167 Å². The summed E-state index contributed by atoms with van der Waals surface area (Å²) in [5.41, 5.74) is 5.04. The molecule has 6 nitrogen and oxygen atoms in total. The van der Waals surface area contributed by atoms with Gasteiger partial charge in [0.1, 0.15) is 17.1 Å². The second-order valence-electron chi connectivity index (χ2n) is 5.82. The molecule has 0 saturated heterocycles. The highest BCUT2D eigenvalue weighted by atomic mass is 79.9. The van der Waals surface area contributed by atoms with Gasteiger partial charge in [0.05, 0.1) is 5.69 Å². The smallest absolute Gasteiger partial charge is 0.143 e. The standard InChI is InChI=1S/C18H14Br2N6/c1-25-18(12-6-4-8-14(20)10-12)17(21-24-25)16-15(22-26(2)23-16)11-5-3-7-13(19)9-11/h3-10H,1-2H3. The lowest BCUT2D eigenvalue weighted by Gasteiger charge is -2.05. The molecule has 0 aliphatic rings. The highest BCUT2D eigenvalue weighted by molar-refractivity contribution is 9.10. The summed E-state index contributed by atoms with van der Waals surface area (Å²) in [6, 6.07) is 16.0. The molecule has 0 bridgehead atoms. The van der Waals surface area contributed by atoms with E-state index < -0.39 is 0 Å². The lowest BCUT2D eigenvalue weighted by molar-refractivity contribution is 0.657. The van der Waals surface area contributed by atoms with E-state index in [9.17, 15) is 0 Å². The summed E-state index contributed by atoms with van der Waals surface area (Å²) in [5, 5.41) is 17.7. The zero-order valence-electron chi connectivity index (χ0n) is 14.1. The largest absolute Gasteiger partial charge is 0.247 e. The first-order valence-corrected chi connectivity index (χ1v) is 9.45. The molecule has 130 valence electrons. The minimum atomic E-state index is 0.702. The Morgan fingerprint density at radius 3 is 2.08 bits per heavy atom. The van der Waals surface area contributed by atoms with Crippen molar-refractivity contribution in [3.8, 4) is 33.9 Å². The van der Waals surface area contributed by atoms with Crippen molar-refractivity contribution < 1.29 is 0 Å². The number of halogens is 2. The Morgan fingerprint density at radius 2 is 1.38 bits per heavy atom. The Kier molecular flexibility index (Phi) is 4.46. The lowest BCUT2D eigenvalue weighted by Crippen LogP contribution is -1.95. The molecule has 0 unspecified atom stereocenters. The van der Waals surface area contributed by atoms with Crippen LogP contribution in [0.4, 0.5) is 0 Å². The number of rotatable bonds is 3. The third-order valence-corrected chi connectivity index (χ3v) is 4.95. The second-order valence-corrected chi connectivity index (χ2v) is 7.65. The Hall–Kier alpha value is -2.32. The van der Waals surface area contributed by atoms with E-state index in [1.54, 1.807) is 16.5 Å². The van der Waals surface area contributed by atoms with Crippen LogP contribution in [-0.4, -0.2) is 30.0 Å². The van der Waals surface area contributed by atoms with Crippen LogP contribution in [0.15, 0.2) is 57.5 Å². The summed E-state index contributed by atoms with van der Waals surface area (Å²) in [7, 11) is 3.68. The zero-order valence-corrected chi connectivity index (χ0v) is 17.2. The summed E-state index contributed by atoms with van der Waals surface area (Å²) in [4.78, 5) is 1.56. The maximum atomic E-state index is 4.57. The third kappa shape index (κ3) is 3.10. The molecule has 2 aromatic heterocycles. The van der Waals surface area contributed by atoms with Gasteiger partial charge in [0.2, 0.25) is 0 Å². The number of aryl methyl sites for hydroxylation is 2. The molecule has 2 aromatic carbocycles. The summed E-state index contributed by atoms with van der Waals surface area (Å²) in [6.45, 7) is 0. The van der Waals surface area contributed by atoms with Gasteiger partial charge in [-0.3, -0.25) is 0 Å². The lowest BCUT2D eigenvalue weighted by atomic mass is 10.0. The molecule has 0 radical (unpaired) electrons. The summed E-state index contributed by atoms with van der Waals surface area (Å²) in [5.74, 6) is 0. The fourth-order valence-electron chi connectivity index (χ4n) is 2.87. The average Bonchev–Trinajstić information content (AvgIpc) is 3.17. The monoisotopic (exact) mass is 472 g/mol. The van der Waals surface area contributed by atoms with Gasteiger partial charge >= 0.3 is 0 Å². The molecule has 0 aliphatic carbocycles. The van der Waals surface area contributed by atoms with Crippen LogP contribution in [0.5, 0.6) is 0 Å². The molecule has 0 fully saturated rings. The van der Waals surface area contributed by atoms with Crippen molar-refractivity contribution in [2.24, 2.45) is 14.1 Å². The minimum Gasteiger partial charge on any atom is -0.247 e. The van der Waals surface area contributed by atoms with Crippen LogP contribution in [-0.2, 0) is 14.1 Å². The van der Waals surface area contributed by atoms with E-state index in [0.29, 0.717) is 11.4 Å². The number of hydrogen-bond acceptors (Lipinski definition) is 4. The van der Waals surface area contributed by atoms with Gasteiger partial charge in [0, 0.05) is 34.2 Å². The first kappa shape index (κ1) is 17.1. The second kappa shape index (κ2) is 6.77. The first-order valence-electron chi connectivity index (χ1n) is 7.86. The highest BCUT2D eigenvalue weighted by Gasteiger charge is 2.23. The Balaban J connectivity index is 1.93. The normalized spacial score (nSPS) is 11.1. The summed E-state index contributed by atoms with van der Waals surface area (Å²) in [6.07, 6.45) is 0. The molecule has 0 aliphatic heterocycles. The topological polar surface area (TPSA) is 61.4 Å². The fourth-order valence-corrected chi connectivity index (χ4v) is 3.67. The van der Waals surface area contributed by atoms with Crippen LogP contribution in [0.25, 0.3) is 33.9 Å². The van der Waals surface area contributed by atoms with Crippen LogP contribution in [0.3, 0.4) is 0 Å². The van der Waals surface area contributed by atoms with Gasteiger partial charge in [-0.05, 0) is 24.3 Å². The van der Waals surface area contributed by atoms with Crippen LogP contribution < -0.4 is 0 Å². The molecular weight excluding hydrogens is 460 g/mol. The molecule has 0 spiro atoms. The van der Waals surface area contributed by atoms with E-state index >= 15 is 0 Å². The van der Waals surface area contributed by atoms with Gasteiger partial charge in [-0.2, -0.15) is 15.0 Å². The van der Waals surface area contributed by atoms with Gasteiger partial charge in [-0.15, -0.1) is 5.10 Å². The van der Waals surface area contributed by atoms with Crippen LogP contribution in [0, 0.1) is 0 Å². The summed E-state index contributed by atoms with van der Waals surface area (Å²) >= 11 is 7.05. The Morgan fingerprint density at radius 1 is 0.769 bits per heavy atom. The number of benzene rings is 2. The van der Waals surface area contributed by atoms with Crippen LogP contribution in [0.2, 0.25) is 0 Å². The van der Waals surface area contributed by atoms with E-state index in [-0.39, 0.29) is 0 Å². The molecule has 0 atom stereocenters. The predicted molar refractivity (Wildman–Crippen MR) is 107 cm³/mol. The van der Waals surface area contributed by atoms with Crippen molar-refractivity contribution in [1.82, 2.24) is 30.0 Å². The van der Waals surface area contributed by atoms with Crippen LogP contribution in [0.1, 0.15) is 0 Å². The van der Waals surface area contributed by atoms with Gasteiger partial charge in [0.15, 0.2) is 0 Å². The van der Waals surface area contributed by atoms with E-state index in [1.807, 2.05) is 55.6 Å². The molecule has 8 heteroatoms. The molecule has 2 heterocycles. The van der Waals surface area contributed by atoms with E-state index in [1.165, 1.54) is 0 Å². The van der Waals surface area contributed by atoms with Crippen molar-refractivity contribution in [2.75, 3.05) is 0 Å². The van der Waals surface area contributed by atoms with Gasteiger partial charge in [-0.1, -0.05) is 61.3 Å². The summed E-state index contributed by atoms with van der Waals surface area (Å²) < 4.78 is 3.74. The van der Waals surface area contributed by atoms with E-state index in [2.05, 4.69) is 52.4 Å². The molecule has 4 aromatic rings. The fraction of sp³-hybridized carbons (Fsp3) is 0.111. The van der Waals surface area contributed by atoms with E-state index in [4.69, 9.17) is 0 Å². The zero-order chi connectivity index (χ0) is 18.3. The highest BCUT2D eigenvalue weighted by Crippen LogP contribution is 2.35. The number of nitrogens with zero attached hydrogens (tertiary/aromatic N) is 6. The maximum Gasteiger partial charge on any atom is 0.143 e. The molecule has 0 saturated carbocycles. The molecular formula is C18H14Br2N6.